The van der Waals surface area contributed by atoms with Crippen LogP contribution in [0.3, 0.4) is 0 Å². The maximum Gasteiger partial charge on any atom is 0.262 e. The van der Waals surface area contributed by atoms with Gasteiger partial charge in [-0.1, -0.05) is 0 Å². The number of hydrogen-bond acceptors (Lipinski definition) is 8. The number of nitrogens with zero attached hydrogens (tertiary/aromatic N) is 5. The molecule has 0 radical (unpaired) electrons. The molecule has 11 nitrogen and oxygen atoms in total. The molecular weight excluding hydrogens is 448 g/mol. The number of fused-ring (bicyclic) bond motifs is 2. The van der Waals surface area contributed by atoms with Crippen LogP contribution in [0.15, 0.2) is 36.8 Å². The predicted molar refractivity (Wildman–Crippen MR) is 129 cm³/mol. The van der Waals surface area contributed by atoms with Crippen molar-refractivity contribution in [1.82, 2.24) is 25.0 Å². The van der Waals surface area contributed by atoms with E-state index in [9.17, 15) is 9.59 Å². The first kappa shape index (κ1) is 21.0. The molecule has 4 heterocycles. The molecule has 2 aliphatic rings. The number of nitrogen functional groups attached to an aromatic ring is 1. The summed E-state index contributed by atoms with van der Waals surface area (Å²) in [6.07, 6.45) is 6.20. The minimum Gasteiger partial charge on any atom is -0.466 e. The molecular formula is C24H22N8O3. The van der Waals surface area contributed by atoms with Gasteiger partial charge < -0.3 is 21.1 Å². The second-order valence-corrected chi connectivity index (χ2v) is 8.93. The van der Waals surface area contributed by atoms with E-state index in [0.29, 0.717) is 28.6 Å². The second kappa shape index (κ2) is 7.76. The van der Waals surface area contributed by atoms with Gasteiger partial charge in [-0.05, 0) is 54.2 Å². The number of carbonyl (C=O) groups is 2. The topological polar surface area (TPSA) is 150 Å². The lowest BCUT2D eigenvalue weighted by molar-refractivity contribution is -0.119. The quantitative estimate of drug-likeness (QED) is 0.385. The van der Waals surface area contributed by atoms with Gasteiger partial charge in [0.25, 0.3) is 5.91 Å². The number of benzene rings is 1. The Kier molecular flexibility index (Phi) is 4.66. The molecule has 176 valence electrons. The molecule has 11 heteroatoms. The van der Waals surface area contributed by atoms with Gasteiger partial charge in [-0.3, -0.25) is 14.3 Å². The van der Waals surface area contributed by atoms with E-state index in [4.69, 9.17) is 10.5 Å². The van der Waals surface area contributed by atoms with E-state index in [1.807, 2.05) is 26.2 Å². The molecule has 35 heavy (non-hydrogen) atoms. The van der Waals surface area contributed by atoms with Crippen LogP contribution in [-0.2, 0) is 16.6 Å². The maximum absolute atomic E-state index is 12.8. The molecule has 0 saturated heterocycles. The highest BCUT2D eigenvalue weighted by Gasteiger charge is 2.44. The number of rotatable bonds is 4. The highest BCUT2D eigenvalue weighted by atomic mass is 16.5. The lowest BCUT2D eigenvalue weighted by Gasteiger charge is -2.20. The number of amides is 2. The third-order valence-electron chi connectivity index (χ3n) is 6.47. The number of ether oxygens (including phenoxy) is 1. The molecule has 2 atom stereocenters. The lowest BCUT2D eigenvalue weighted by atomic mass is 9.99. The van der Waals surface area contributed by atoms with E-state index >= 15 is 0 Å². The molecule has 1 aliphatic heterocycles. The molecule has 1 aliphatic carbocycles. The average Bonchev–Trinajstić information content (AvgIpc) is 3.52. The van der Waals surface area contributed by atoms with Crippen LogP contribution in [-0.4, -0.2) is 43.4 Å². The number of carbonyl (C=O) groups excluding carboxylic acids is 2. The monoisotopic (exact) mass is 470 g/mol. The highest BCUT2D eigenvalue weighted by Crippen LogP contribution is 2.47. The van der Waals surface area contributed by atoms with E-state index in [1.165, 1.54) is 0 Å². The maximum atomic E-state index is 12.8. The van der Waals surface area contributed by atoms with E-state index < -0.39 is 0 Å². The van der Waals surface area contributed by atoms with Gasteiger partial charge in [-0.25, -0.2) is 4.98 Å². The van der Waals surface area contributed by atoms with Crippen molar-refractivity contribution in [2.24, 2.45) is 13.0 Å². The van der Waals surface area contributed by atoms with Crippen molar-refractivity contribution < 1.29 is 14.3 Å². The van der Waals surface area contributed by atoms with Crippen LogP contribution in [0.2, 0.25) is 0 Å². The van der Waals surface area contributed by atoms with Crippen LogP contribution >= 0.6 is 0 Å². The van der Waals surface area contributed by atoms with Gasteiger partial charge in [-0.2, -0.15) is 5.10 Å². The molecule has 6 rings (SSSR count). The number of anilines is 3. The summed E-state index contributed by atoms with van der Waals surface area (Å²) in [5.74, 6) is 0.479. The molecule has 4 N–H and O–H groups in total. The zero-order chi connectivity index (χ0) is 24.3. The summed E-state index contributed by atoms with van der Waals surface area (Å²) in [4.78, 5) is 28.9. The fourth-order valence-electron chi connectivity index (χ4n) is 4.54. The van der Waals surface area contributed by atoms with Crippen LogP contribution < -0.4 is 21.1 Å². The van der Waals surface area contributed by atoms with Gasteiger partial charge >= 0.3 is 0 Å². The zero-order valence-corrected chi connectivity index (χ0v) is 19.1. The van der Waals surface area contributed by atoms with Crippen LogP contribution in [0.1, 0.15) is 23.5 Å². The summed E-state index contributed by atoms with van der Waals surface area (Å²) in [6, 6.07) is 5.46. The fraction of sp³-hybridized carbons (Fsp3) is 0.250. The Balaban J connectivity index is 1.29. The predicted octanol–water partition coefficient (Wildman–Crippen LogP) is 2.39. The van der Waals surface area contributed by atoms with Crippen LogP contribution in [0.5, 0.6) is 5.88 Å². The molecule has 2 amide bonds. The van der Waals surface area contributed by atoms with Crippen molar-refractivity contribution in [1.29, 1.82) is 0 Å². The lowest BCUT2D eigenvalue weighted by Crippen LogP contribution is -2.26. The number of nitrogens with two attached hydrogens (primary N) is 1. The number of hydrogen-bond donors (Lipinski definition) is 3. The molecule has 4 aromatic rings. The van der Waals surface area contributed by atoms with Crippen molar-refractivity contribution in [3.05, 3.63) is 47.9 Å². The van der Waals surface area contributed by atoms with Gasteiger partial charge in [-0.15, -0.1) is 10.2 Å². The Morgan fingerprint density at radius 1 is 1.26 bits per heavy atom. The van der Waals surface area contributed by atoms with Crippen molar-refractivity contribution in [3.8, 4) is 17.0 Å². The van der Waals surface area contributed by atoms with E-state index in [-0.39, 0.29) is 30.3 Å². The Morgan fingerprint density at radius 2 is 2.11 bits per heavy atom. The molecule has 0 unspecified atom stereocenters. The summed E-state index contributed by atoms with van der Waals surface area (Å²) >= 11 is 0. The van der Waals surface area contributed by atoms with Crippen LogP contribution in [0.4, 0.5) is 17.2 Å². The summed E-state index contributed by atoms with van der Waals surface area (Å²) in [6.45, 7) is 1.83. The molecule has 3 aromatic heterocycles. The molecule has 1 aromatic carbocycles. The summed E-state index contributed by atoms with van der Waals surface area (Å²) in [5.41, 5.74) is 11.3. The first-order chi connectivity index (χ1) is 16.9. The summed E-state index contributed by atoms with van der Waals surface area (Å²) in [5, 5.41) is 19.0. The van der Waals surface area contributed by atoms with E-state index in [0.717, 1.165) is 34.1 Å². The van der Waals surface area contributed by atoms with Gasteiger partial charge in [0.1, 0.15) is 11.2 Å². The van der Waals surface area contributed by atoms with E-state index in [2.05, 4.69) is 30.9 Å². The van der Waals surface area contributed by atoms with Gasteiger partial charge in [0.15, 0.2) is 12.4 Å². The minimum absolute atomic E-state index is 0.0568. The van der Waals surface area contributed by atoms with Crippen molar-refractivity contribution in [3.63, 3.8) is 0 Å². The largest absolute Gasteiger partial charge is 0.466 e. The molecule has 1 fully saturated rings. The van der Waals surface area contributed by atoms with Crippen molar-refractivity contribution in [2.75, 3.05) is 23.0 Å². The zero-order valence-electron chi connectivity index (χ0n) is 19.1. The number of aromatic nitrogens is 5. The van der Waals surface area contributed by atoms with Crippen LogP contribution in [0, 0.1) is 12.8 Å². The van der Waals surface area contributed by atoms with Crippen molar-refractivity contribution in [2.45, 2.75) is 19.3 Å². The number of nitrogens with one attached hydrogen (secondary N) is 2. The van der Waals surface area contributed by atoms with E-state index in [1.54, 1.807) is 29.2 Å². The third-order valence-corrected chi connectivity index (χ3v) is 6.47. The molecule has 0 spiro atoms. The van der Waals surface area contributed by atoms with Crippen LogP contribution in [0.25, 0.3) is 22.0 Å². The average molecular weight is 470 g/mol. The first-order valence-electron chi connectivity index (χ1n) is 11.2. The molecule has 1 saturated carbocycles. The fourth-order valence-corrected chi connectivity index (χ4v) is 4.54. The standard InChI is InChI=1S/C24H22N8O3/c1-11-17(8-26-24-21(11)29-20(33)10-35-24)12-3-13-5-19(30-31-22(13)18(25)4-12)28-23(34)16-6-15(16)14-7-27-32(2)9-14/h3-5,7-9,15-16H,6,10,25H2,1-2H3,(H,29,33)(H,28,30,34)/t15-,16+/m1/s1. The third kappa shape index (κ3) is 3.70. The highest BCUT2D eigenvalue weighted by molar-refractivity contribution is 6.00. The van der Waals surface area contributed by atoms with Crippen molar-refractivity contribution >= 4 is 39.9 Å². The number of pyridine rings is 1. The SMILES string of the molecule is Cc1c(-c2cc(N)c3nnc(NC(=O)[C@H]4C[C@@H]4c4cnn(C)c4)cc3c2)cnc2c1NC(=O)CO2. The van der Waals surface area contributed by atoms with Gasteiger partial charge in [0, 0.05) is 36.3 Å². The Hall–Kier alpha value is -4.54. The van der Waals surface area contributed by atoms with Gasteiger partial charge in [0.05, 0.1) is 11.9 Å². The minimum atomic E-state index is -0.227. The summed E-state index contributed by atoms with van der Waals surface area (Å²) in [7, 11) is 1.86. The normalized spacial score (nSPS) is 18.5. The smallest absolute Gasteiger partial charge is 0.262 e. The Bertz CT molecular complexity index is 1530. The second-order valence-electron chi connectivity index (χ2n) is 8.93. The Morgan fingerprint density at radius 3 is 2.91 bits per heavy atom. The number of aryl methyl sites for hydroxylation is 1. The first-order valence-corrected chi connectivity index (χ1v) is 11.2. The summed E-state index contributed by atoms with van der Waals surface area (Å²) < 4.78 is 7.14. The molecule has 0 bridgehead atoms. The van der Waals surface area contributed by atoms with Gasteiger partial charge in [0.2, 0.25) is 11.8 Å². The Labute approximate surface area is 199 Å².